The van der Waals surface area contributed by atoms with Gasteiger partial charge in [-0.1, -0.05) is 22.8 Å². The van der Waals surface area contributed by atoms with E-state index in [1.165, 1.54) is 0 Å². The predicted molar refractivity (Wildman–Crippen MR) is 100 cm³/mol. The molecule has 0 atom stereocenters. The number of amides is 1. The average molecular weight is 372 g/mol. The Hall–Kier alpha value is -2.93. The molecule has 1 aromatic carbocycles. The van der Waals surface area contributed by atoms with Crippen LogP contribution in [0.4, 0.5) is 17.5 Å². The number of carbonyl (C=O) groups is 1. The molecule has 3 aromatic rings. The van der Waals surface area contributed by atoms with E-state index in [4.69, 9.17) is 16.1 Å². The second kappa shape index (κ2) is 7.13. The van der Waals surface area contributed by atoms with Gasteiger partial charge >= 0.3 is 0 Å². The molecular weight excluding hydrogens is 354 g/mol. The van der Waals surface area contributed by atoms with Crippen LogP contribution in [0.2, 0.25) is 5.02 Å². The summed E-state index contributed by atoms with van der Waals surface area (Å²) in [5, 5.41) is 10.1. The quantitative estimate of drug-likeness (QED) is 0.708. The first-order valence-electron chi connectivity index (χ1n) is 7.96. The van der Waals surface area contributed by atoms with Gasteiger partial charge in [-0.2, -0.15) is 0 Å². The zero-order chi connectivity index (χ0) is 18.8. The molecule has 7 nitrogen and oxygen atoms in total. The van der Waals surface area contributed by atoms with Gasteiger partial charge in [0.15, 0.2) is 5.82 Å². The third kappa shape index (κ3) is 4.00. The molecule has 26 heavy (non-hydrogen) atoms. The van der Waals surface area contributed by atoms with Gasteiger partial charge in [0.1, 0.15) is 11.5 Å². The number of anilines is 3. The first kappa shape index (κ1) is 17.9. The van der Waals surface area contributed by atoms with Gasteiger partial charge in [-0.3, -0.25) is 4.79 Å². The minimum Gasteiger partial charge on any atom is -0.360 e. The van der Waals surface area contributed by atoms with Gasteiger partial charge in [0.2, 0.25) is 5.95 Å². The Morgan fingerprint density at radius 3 is 2.50 bits per heavy atom. The highest BCUT2D eigenvalue weighted by molar-refractivity contribution is 6.34. The first-order chi connectivity index (χ1) is 12.3. The molecule has 0 radical (unpaired) electrons. The topological polar surface area (TPSA) is 92.9 Å². The van der Waals surface area contributed by atoms with Crippen molar-refractivity contribution in [3.63, 3.8) is 0 Å². The molecule has 2 aromatic heterocycles. The van der Waals surface area contributed by atoms with Crippen LogP contribution in [0.15, 0.2) is 28.8 Å². The van der Waals surface area contributed by atoms with Crippen LogP contribution < -0.4 is 10.6 Å². The molecular formula is C18H18ClN5O2. The van der Waals surface area contributed by atoms with Crippen LogP contribution >= 0.6 is 11.6 Å². The number of aromatic nitrogens is 3. The Labute approximate surface area is 155 Å². The molecule has 0 unspecified atom stereocenters. The smallest absolute Gasteiger partial charge is 0.274 e. The number of rotatable bonds is 4. The third-order valence-electron chi connectivity index (χ3n) is 3.62. The number of nitrogens with zero attached hydrogens (tertiary/aromatic N) is 3. The van der Waals surface area contributed by atoms with Crippen molar-refractivity contribution in [2.24, 2.45) is 0 Å². The zero-order valence-corrected chi connectivity index (χ0v) is 15.6. The maximum atomic E-state index is 12.6. The summed E-state index contributed by atoms with van der Waals surface area (Å²) in [6.45, 7) is 7.39. The molecule has 2 N–H and O–H groups in total. The van der Waals surface area contributed by atoms with Gasteiger partial charge in [0.25, 0.3) is 5.91 Å². The zero-order valence-electron chi connectivity index (χ0n) is 14.8. The van der Waals surface area contributed by atoms with Crippen molar-refractivity contribution < 1.29 is 9.32 Å². The number of aryl methyl sites for hydroxylation is 4. The Kier molecular flexibility index (Phi) is 4.90. The van der Waals surface area contributed by atoms with Gasteiger partial charge < -0.3 is 15.2 Å². The van der Waals surface area contributed by atoms with Crippen molar-refractivity contribution in [1.82, 2.24) is 15.1 Å². The van der Waals surface area contributed by atoms with Crippen molar-refractivity contribution in [3.8, 4) is 0 Å². The van der Waals surface area contributed by atoms with Crippen molar-refractivity contribution >= 4 is 35.0 Å². The summed E-state index contributed by atoms with van der Waals surface area (Å²) >= 11 is 6.26. The average Bonchev–Trinajstić information content (AvgIpc) is 2.95. The monoisotopic (exact) mass is 371 g/mol. The minimum absolute atomic E-state index is 0.219. The number of benzene rings is 1. The van der Waals surface area contributed by atoms with E-state index in [0.29, 0.717) is 28.0 Å². The SMILES string of the molecule is Cc1cc(C)c(NC(=O)c2cc(C)nc(Nc3cc(C)on3)n2)c(Cl)c1. The standard InChI is InChI=1S/C18H18ClN5O2/c1-9-5-10(2)16(13(19)6-9)23-17(25)14-7-11(3)20-18(21-14)22-15-8-12(4)26-24-15/h5-8H,1-4H3,(H,23,25)(H,20,21,22,24). The highest BCUT2D eigenvalue weighted by atomic mass is 35.5. The van der Waals surface area contributed by atoms with E-state index in [1.54, 1.807) is 32.0 Å². The molecule has 2 heterocycles. The lowest BCUT2D eigenvalue weighted by molar-refractivity contribution is 0.102. The predicted octanol–water partition coefficient (Wildman–Crippen LogP) is 4.35. The molecule has 0 aliphatic rings. The Bertz CT molecular complexity index is 960. The van der Waals surface area contributed by atoms with Crippen LogP contribution in [0.5, 0.6) is 0 Å². The van der Waals surface area contributed by atoms with Crippen molar-refractivity contribution in [3.05, 3.63) is 57.6 Å². The van der Waals surface area contributed by atoms with Crippen LogP contribution in [-0.2, 0) is 0 Å². The maximum absolute atomic E-state index is 12.6. The molecule has 0 aliphatic carbocycles. The molecule has 0 fully saturated rings. The van der Waals surface area contributed by atoms with Crippen LogP contribution in [0.1, 0.15) is 33.1 Å². The molecule has 3 rings (SSSR count). The van der Waals surface area contributed by atoms with E-state index >= 15 is 0 Å². The largest absolute Gasteiger partial charge is 0.360 e. The van der Waals surface area contributed by atoms with E-state index in [1.807, 2.05) is 19.9 Å². The van der Waals surface area contributed by atoms with Crippen LogP contribution in [0.25, 0.3) is 0 Å². The van der Waals surface area contributed by atoms with E-state index in [9.17, 15) is 4.79 Å². The fraction of sp³-hybridized carbons (Fsp3) is 0.222. The molecule has 0 aliphatic heterocycles. The summed E-state index contributed by atoms with van der Waals surface area (Å²) in [6, 6.07) is 7.06. The van der Waals surface area contributed by atoms with Crippen LogP contribution in [-0.4, -0.2) is 21.0 Å². The van der Waals surface area contributed by atoms with Gasteiger partial charge in [0.05, 0.1) is 10.7 Å². The van der Waals surface area contributed by atoms with E-state index in [-0.39, 0.29) is 17.5 Å². The molecule has 0 saturated carbocycles. The van der Waals surface area contributed by atoms with Crippen LogP contribution in [0.3, 0.4) is 0 Å². The lowest BCUT2D eigenvalue weighted by Gasteiger charge is -2.12. The minimum atomic E-state index is -0.372. The van der Waals surface area contributed by atoms with E-state index < -0.39 is 0 Å². The van der Waals surface area contributed by atoms with Crippen molar-refractivity contribution in [2.75, 3.05) is 10.6 Å². The summed E-state index contributed by atoms with van der Waals surface area (Å²) in [6.07, 6.45) is 0. The maximum Gasteiger partial charge on any atom is 0.274 e. The summed E-state index contributed by atoms with van der Waals surface area (Å²) in [5.41, 5.74) is 3.33. The number of hydrogen-bond acceptors (Lipinski definition) is 6. The van der Waals surface area contributed by atoms with Crippen molar-refractivity contribution in [2.45, 2.75) is 27.7 Å². The fourth-order valence-electron chi connectivity index (χ4n) is 2.53. The molecule has 1 amide bonds. The van der Waals surface area contributed by atoms with E-state index in [0.717, 1.165) is 11.1 Å². The normalized spacial score (nSPS) is 10.7. The number of hydrogen-bond donors (Lipinski definition) is 2. The van der Waals surface area contributed by atoms with Crippen LogP contribution in [0, 0.1) is 27.7 Å². The summed E-state index contributed by atoms with van der Waals surface area (Å²) in [4.78, 5) is 21.2. The first-order valence-corrected chi connectivity index (χ1v) is 8.34. The molecule has 134 valence electrons. The Morgan fingerprint density at radius 1 is 1.08 bits per heavy atom. The Balaban J connectivity index is 1.86. The van der Waals surface area contributed by atoms with Gasteiger partial charge in [0, 0.05) is 11.8 Å². The van der Waals surface area contributed by atoms with Gasteiger partial charge in [-0.15, -0.1) is 0 Å². The molecule has 8 heteroatoms. The third-order valence-corrected chi connectivity index (χ3v) is 3.92. The Morgan fingerprint density at radius 2 is 1.85 bits per heavy atom. The highest BCUT2D eigenvalue weighted by Crippen LogP contribution is 2.27. The number of halogens is 1. The lowest BCUT2D eigenvalue weighted by Crippen LogP contribution is -2.16. The highest BCUT2D eigenvalue weighted by Gasteiger charge is 2.15. The van der Waals surface area contributed by atoms with Gasteiger partial charge in [-0.05, 0) is 51.0 Å². The fourth-order valence-corrected chi connectivity index (χ4v) is 2.90. The van der Waals surface area contributed by atoms with Gasteiger partial charge in [-0.25, -0.2) is 9.97 Å². The number of carbonyl (C=O) groups excluding carboxylic acids is 1. The molecule has 0 spiro atoms. The summed E-state index contributed by atoms with van der Waals surface area (Å²) < 4.78 is 5.00. The van der Waals surface area contributed by atoms with E-state index in [2.05, 4.69) is 25.8 Å². The molecule has 0 saturated heterocycles. The summed E-state index contributed by atoms with van der Waals surface area (Å²) in [7, 11) is 0. The second-order valence-electron chi connectivity index (χ2n) is 6.06. The lowest BCUT2D eigenvalue weighted by atomic mass is 10.1. The van der Waals surface area contributed by atoms with Crippen molar-refractivity contribution in [1.29, 1.82) is 0 Å². The number of nitrogens with one attached hydrogen (secondary N) is 2. The molecule has 0 bridgehead atoms. The summed E-state index contributed by atoms with van der Waals surface area (Å²) in [5.74, 6) is 1.01. The second-order valence-corrected chi connectivity index (χ2v) is 6.47.